The van der Waals surface area contributed by atoms with Crippen LogP contribution in [0, 0.1) is 0 Å². The number of hydrogen-bond donors (Lipinski definition) is 0. The Labute approximate surface area is 393 Å². The van der Waals surface area contributed by atoms with Gasteiger partial charge in [0.1, 0.15) is 22.3 Å². The lowest BCUT2D eigenvalue weighted by Gasteiger charge is -2.34. The number of furan rings is 2. The van der Waals surface area contributed by atoms with Crippen molar-refractivity contribution in [2.45, 2.75) is 5.41 Å². The first kappa shape index (κ1) is 38.4. The van der Waals surface area contributed by atoms with Crippen LogP contribution in [0.1, 0.15) is 22.3 Å². The summed E-state index contributed by atoms with van der Waals surface area (Å²) in [6.45, 7) is 0. The van der Waals surface area contributed by atoms with Gasteiger partial charge in [0, 0.05) is 44.2 Å². The average molecular weight is 868 g/mol. The Bertz CT molecular complexity index is 4030. The molecule has 13 aromatic rings. The van der Waals surface area contributed by atoms with Crippen molar-refractivity contribution in [2.24, 2.45) is 0 Å². The second-order valence-corrected chi connectivity index (χ2v) is 18.0. The predicted octanol–water partition coefficient (Wildman–Crippen LogP) is 17.8. The number of hydrogen-bond acceptors (Lipinski definition) is 3. The quantitative estimate of drug-likeness (QED) is 0.160. The molecule has 11 aromatic carbocycles. The molecule has 14 rings (SSSR count). The van der Waals surface area contributed by atoms with Gasteiger partial charge >= 0.3 is 0 Å². The highest BCUT2D eigenvalue weighted by atomic mass is 16.3. The molecule has 0 saturated carbocycles. The summed E-state index contributed by atoms with van der Waals surface area (Å²) in [5, 5.41) is 6.90. The molecule has 0 aliphatic heterocycles. The van der Waals surface area contributed by atoms with Crippen LogP contribution in [-0.2, 0) is 5.41 Å². The van der Waals surface area contributed by atoms with Crippen molar-refractivity contribution in [3.63, 3.8) is 0 Å². The van der Waals surface area contributed by atoms with Crippen LogP contribution in [0.3, 0.4) is 0 Å². The average Bonchev–Trinajstić information content (AvgIpc) is 4.07. The van der Waals surface area contributed by atoms with Crippen LogP contribution in [0.2, 0.25) is 0 Å². The monoisotopic (exact) mass is 867 g/mol. The lowest BCUT2D eigenvalue weighted by atomic mass is 9.68. The molecule has 0 bridgehead atoms. The molecular weight excluding hydrogens is 827 g/mol. The molecule has 0 amide bonds. The Morgan fingerprint density at radius 2 is 0.853 bits per heavy atom. The fourth-order valence-electron chi connectivity index (χ4n) is 11.2. The van der Waals surface area contributed by atoms with E-state index >= 15 is 0 Å². The van der Waals surface area contributed by atoms with Crippen LogP contribution in [-0.4, -0.2) is 0 Å². The number of fused-ring (bicyclic) bond motifs is 10. The summed E-state index contributed by atoms with van der Waals surface area (Å²) in [6.07, 6.45) is 0. The molecule has 0 unspecified atom stereocenters. The third kappa shape index (κ3) is 5.79. The molecular formula is C65H41NO2. The van der Waals surface area contributed by atoms with Crippen LogP contribution in [0.25, 0.3) is 88.0 Å². The largest absolute Gasteiger partial charge is 0.456 e. The zero-order chi connectivity index (χ0) is 44.8. The van der Waals surface area contributed by atoms with Crippen molar-refractivity contribution < 1.29 is 8.83 Å². The molecule has 3 heteroatoms. The van der Waals surface area contributed by atoms with E-state index < -0.39 is 5.41 Å². The van der Waals surface area contributed by atoms with Gasteiger partial charge in [0.2, 0.25) is 0 Å². The fourth-order valence-corrected chi connectivity index (χ4v) is 11.2. The standard InChI is InChI=1S/C65H41NO2/c1-3-16-47(17-4-1)65(48-18-5-2-6-19-48)59-24-11-9-20-53(59)57-41-51(35-37-60(57)65)66(50-33-28-43(29-34-50)52-22-13-23-56-54-21-10-12-25-61(54)68-64(52)56)49-31-26-42(27-32-49)46-30-36-55-58-38-44-14-7-8-15-45(44)39-63(58)67-62(55)40-46/h1-41H. The minimum Gasteiger partial charge on any atom is -0.456 e. The third-order valence-electron chi connectivity index (χ3n) is 14.3. The number of para-hydroxylation sites is 2. The highest BCUT2D eigenvalue weighted by Crippen LogP contribution is 2.57. The van der Waals surface area contributed by atoms with Gasteiger partial charge in [0.25, 0.3) is 0 Å². The normalized spacial score (nSPS) is 12.8. The summed E-state index contributed by atoms with van der Waals surface area (Å²) in [6, 6.07) is 90.1. The van der Waals surface area contributed by atoms with Gasteiger partial charge in [-0.15, -0.1) is 0 Å². The molecule has 1 aliphatic rings. The van der Waals surface area contributed by atoms with Crippen molar-refractivity contribution in [1.82, 2.24) is 0 Å². The van der Waals surface area contributed by atoms with E-state index in [0.717, 1.165) is 83.2 Å². The molecule has 0 atom stereocenters. The van der Waals surface area contributed by atoms with E-state index in [9.17, 15) is 0 Å². The van der Waals surface area contributed by atoms with Crippen molar-refractivity contribution >= 4 is 71.7 Å². The summed E-state index contributed by atoms with van der Waals surface area (Å²) >= 11 is 0. The van der Waals surface area contributed by atoms with E-state index in [1.165, 1.54) is 44.2 Å². The SMILES string of the molecule is c1ccc(C2(c3ccccc3)c3ccccc3-c3cc(N(c4ccc(-c5ccc6c(c5)oc5cc7ccccc7cc56)cc4)c4ccc(-c5cccc6c5oc5ccccc56)cc4)ccc32)cc1. The van der Waals surface area contributed by atoms with Gasteiger partial charge in [0.05, 0.1) is 5.41 Å². The van der Waals surface area contributed by atoms with Crippen molar-refractivity contribution in [3.05, 3.63) is 271 Å². The molecule has 2 heterocycles. The first-order valence-electron chi connectivity index (χ1n) is 23.3. The molecule has 318 valence electrons. The maximum atomic E-state index is 6.50. The smallest absolute Gasteiger partial charge is 0.143 e. The summed E-state index contributed by atoms with van der Waals surface area (Å²) in [5.74, 6) is 0. The molecule has 3 nitrogen and oxygen atoms in total. The minimum atomic E-state index is -0.479. The summed E-state index contributed by atoms with van der Waals surface area (Å²) in [4.78, 5) is 2.39. The van der Waals surface area contributed by atoms with Crippen molar-refractivity contribution in [3.8, 4) is 33.4 Å². The summed E-state index contributed by atoms with van der Waals surface area (Å²) < 4.78 is 13.0. The zero-order valence-corrected chi connectivity index (χ0v) is 36.9. The Balaban J connectivity index is 0.911. The predicted molar refractivity (Wildman–Crippen MR) is 281 cm³/mol. The van der Waals surface area contributed by atoms with E-state index in [0.29, 0.717) is 0 Å². The van der Waals surface area contributed by atoms with E-state index in [1.54, 1.807) is 0 Å². The van der Waals surface area contributed by atoms with Crippen LogP contribution in [0.15, 0.2) is 258 Å². The van der Waals surface area contributed by atoms with Gasteiger partial charge in [-0.2, -0.15) is 0 Å². The number of anilines is 3. The topological polar surface area (TPSA) is 29.5 Å². The fraction of sp³-hybridized carbons (Fsp3) is 0.0154. The highest BCUT2D eigenvalue weighted by Gasteiger charge is 2.46. The third-order valence-corrected chi connectivity index (χ3v) is 14.3. The lowest BCUT2D eigenvalue weighted by molar-refractivity contribution is 0.669. The van der Waals surface area contributed by atoms with Gasteiger partial charge in [0.15, 0.2) is 0 Å². The molecule has 2 aromatic heterocycles. The Morgan fingerprint density at radius 1 is 0.294 bits per heavy atom. The highest BCUT2D eigenvalue weighted by molar-refractivity contribution is 6.11. The van der Waals surface area contributed by atoms with Crippen molar-refractivity contribution in [2.75, 3.05) is 4.90 Å². The molecule has 68 heavy (non-hydrogen) atoms. The van der Waals surface area contributed by atoms with E-state index in [-0.39, 0.29) is 0 Å². The van der Waals surface area contributed by atoms with Gasteiger partial charge in [-0.1, -0.05) is 182 Å². The van der Waals surface area contributed by atoms with Crippen LogP contribution in [0.4, 0.5) is 17.1 Å². The Hall–Kier alpha value is -8.92. The van der Waals surface area contributed by atoms with Gasteiger partial charge in [-0.25, -0.2) is 0 Å². The molecule has 0 radical (unpaired) electrons. The zero-order valence-electron chi connectivity index (χ0n) is 36.9. The first-order valence-corrected chi connectivity index (χ1v) is 23.3. The summed E-state index contributed by atoms with van der Waals surface area (Å²) in [7, 11) is 0. The number of nitrogens with zero attached hydrogens (tertiary/aromatic N) is 1. The molecule has 0 spiro atoms. The van der Waals surface area contributed by atoms with E-state index in [1.807, 2.05) is 12.1 Å². The number of benzene rings is 11. The van der Waals surface area contributed by atoms with Crippen LogP contribution >= 0.6 is 0 Å². The Morgan fingerprint density at radius 3 is 1.62 bits per heavy atom. The second kappa shape index (κ2) is 15.1. The molecule has 0 saturated heterocycles. The number of rotatable bonds is 7. The molecule has 1 aliphatic carbocycles. The molecule has 0 fully saturated rings. The maximum Gasteiger partial charge on any atom is 0.143 e. The second-order valence-electron chi connectivity index (χ2n) is 18.0. The Kier molecular flexibility index (Phi) is 8.50. The lowest BCUT2D eigenvalue weighted by Crippen LogP contribution is -2.28. The van der Waals surface area contributed by atoms with Crippen LogP contribution < -0.4 is 4.90 Å². The van der Waals surface area contributed by atoms with Gasteiger partial charge < -0.3 is 13.7 Å². The minimum absolute atomic E-state index is 0.479. The maximum absolute atomic E-state index is 6.50. The van der Waals surface area contributed by atoms with Crippen molar-refractivity contribution in [1.29, 1.82) is 0 Å². The first-order chi connectivity index (χ1) is 33.7. The van der Waals surface area contributed by atoms with E-state index in [2.05, 4.69) is 241 Å². The summed E-state index contributed by atoms with van der Waals surface area (Å²) in [5.41, 5.74) is 18.2. The van der Waals surface area contributed by atoms with E-state index in [4.69, 9.17) is 8.83 Å². The van der Waals surface area contributed by atoms with Gasteiger partial charge in [-0.05, 0) is 128 Å². The van der Waals surface area contributed by atoms with Gasteiger partial charge in [-0.3, -0.25) is 0 Å². The molecule has 0 N–H and O–H groups in total. The van der Waals surface area contributed by atoms with Crippen LogP contribution in [0.5, 0.6) is 0 Å².